The van der Waals surface area contributed by atoms with Gasteiger partial charge in [0.25, 0.3) is 5.69 Å². The lowest BCUT2D eigenvalue weighted by molar-refractivity contribution is -0.384. The molecule has 0 aromatic heterocycles. The van der Waals surface area contributed by atoms with Crippen LogP contribution in [-0.4, -0.2) is 30.7 Å². The number of non-ortho nitro benzene ring substituents is 1. The topological polar surface area (TPSA) is 78.7 Å². The summed E-state index contributed by atoms with van der Waals surface area (Å²) in [7, 11) is 0. The number of carbonyl (C=O) groups is 1. The van der Waals surface area contributed by atoms with E-state index in [1.54, 1.807) is 19.1 Å². The van der Waals surface area contributed by atoms with Crippen LogP contribution in [0.5, 0.6) is 0 Å². The van der Waals surface area contributed by atoms with Crippen molar-refractivity contribution < 1.29 is 19.2 Å². The predicted molar refractivity (Wildman–Crippen MR) is 71.5 cm³/mol. The zero-order valence-corrected chi connectivity index (χ0v) is 11.3. The quantitative estimate of drug-likeness (QED) is 0.479. The highest BCUT2D eigenvalue weighted by atomic mass is 16.6. The van der Waals surface area contributed by atoms with Crippen LogP contribution in [0.1, 0.15) is 25.3 Å². The Kier molecular flexibility index (Phi) is 4.34. The van der Waals surface area contributed by atoms with Crippen molar-refractivity contribution in [2.24, 2.45) is 0 Å². The van der Waals surface area contributed by atoms with E-state index in [1.807, 2.05) is 0 Å². The molecule has 0 spiro atoms. The number of benzene rings is 1. The summed E-state index contributed by atoms with van der Waals surface area (Å²) in [6.07, 6.45) is 1.06. The number of ether oxygens (including phenoxy) is 2. The van der Waals surface area contributed by atoms with Gasteiger partial charge in [-0.05, 0) is 25.3 Å². The molecule has 2 rings (SSSR count). The smallest absolute Gasteiger partial charge is 0.316 e. The lowest BCUT2D eigenvalue weighted by Gasteiger charge is -2.35. The average molecular weight is 279 g/mol. The first kappa shape index (κ1) is 14.5. The average Bonchev–Trinajstić information content (AvgIpc) is 2.48. The van der Waals surface area contributed by atoms with Crippen molar-refractivity contribution in [3.05, 3.63) is 39.9 Å². The number of hydrogen-bond donors (Lipinski definition) is 0. The van der Waals surface area contributed by atoms with Gasteiger partial charge in [0.15, 0.2) is 0 Å². The fourth-order valence-electron chi connectivity index (χ4n) is 2.50. The fourth-order valence-corrected chi connectivity index (χ4v) is 2.50. The van der Waals surface area contributed by atoms with Gasteiger partial charge in [-0.3, -0.25) is 14.9 Å². The Hall–Kier alpha value is -1.95. The molecule has 0 unspecified atom stereocenters. The van der Waals surface area contributed by atoms with Crippen molar-refractivity contribution in [1.82, 2.24) is 0 Å². The molecule has 0 N–H and O–H groups in total. The van der Waals surface area contributed by atoms with Crippen LogP contribution >= 0.6 is 0 Å². The number of nitro groups is 1. The Bertz CT molecular complexity index is 491. The summed E-state index contributed by atoms with van der Waals surface area (Å²) in [5, 5.41) is 10.7. The lowest BCUT2D eigenvalue weighted by atomic mass is 9.74. The molecule has 6 nitrogen and oxygen atoms in total. The van der Waals surface area contributed by atoms with Crippen molar-refractivity contribution in [3.63, 3.8) is 0 Å². The lowest BCUT2D eigenvalue weighted by Crippen LogP contribution is -2.42. The normalized spacial score (nSPS) is 17.4. The zero-order chi connectivity index (χ0) is 14.6. The van der Waals surface area contributed by atoms with Crippen molar-refractivity contribution in [2.45, 2.75) is 25.2 Å². The molecular weight excluding hydrogens is 262 g/mol. The number of nitro benzene ring substituents is 1. The molecule has 1 fully saturated rings. The van der Waals surface area contributed by atoms with Crippen LogP contribution in [0.2, 0.25) is 0 Å². The maximum absolute atomic E-state index is 12.3. The summed E-state index contributed by atoms with van der Waals surface area (Å²) >= 11 is 0. The van der Waals surface area contributed by atoms with Gasteiger partial charge in [-0.1, -0.05) is 12.1 Å². The second-order valence-corrected chi connectivity index (χ2v) is 4.72. The van der Waals surface area contributed by atoms with E-state index in [4.69, 9.17) is 9.47 Å². The predicted octanol–water partition coefficient (Wildman–Crippen LogP) is 2.21. The number of rotatable bonds is 4. The molecule has 0 radical (unpaired) electrons. The fraction of sp³-hybridized carbons (Fsp3) is 0.500. The Labute approximate surface area is 116 Å². The first-order valence-electron chi connectivity index (χ1n) is 6.60. The number of carbonyl (C=O) groups excluding carboxylic acids is 1. The van der Waals surface area contributed by atoms with Crippen LogP contribution in [-0.2, 0) is 19.7 Å². The molecular formula is C14H17NO5. The molecule has 0 atom stereocenters. The van der Waals surface area contributed by atoms with Crippen molar-refractivity contribution in [1.29, 1.82) is 0 Å². The molecule has 6 heteroatoms. The van der Waals surface area contributed by atoms with E-state index in [1.165, 1.54) is 12.1 Å². The molecule has 108 valence electrons. The first-order valence-corrected chi connectivity index (χ1v) is 6.60. The van der Waals surface area contributed by atoms with Gasteiger partial charge in [0, 0.05) is 25.3 Å². The summed E-state index contributed by atoms with van der Waals surface area (Å²) in [5.74, 6) is -0.280. The molecule has 0 aliphatic carbocycles. The monoisotopic (exact) mass is 279 g/mol. The summed E-state index contributed by atoms with van der Waals surface area (Å²) in [6, 6.07) is 6.12. The van der Waals surface area contributed by atoms with Gasteiger partial charge in [-0.15, -0.1) is 0 Å². The first-order chi connectivity index (χ1) is 9.60. The second kappa shape index (κ2) is 6.00. The van der Waals surface area contributed by atoms with Crippen molar-refractivity contribution >= 4 is 11.7 Å². The maximum atomic E-state index is 12.3. The Balaban J connectivity index is 2.35. The van der Waals surface area contributed by atoms with Gasteiger partial charge in [0.05, 0.1) is 16.9 Å². The van der Waals surface area contributed by atoms with Crippen LogP contribution in [0, 0.1) is 10.1 Å². The summed E-state index contributed by atoms with van der Waals surface area (Å²) in [6.45, 7) is 3.04. The van der Waals surface area contributed by atoms with E-state index in [9.17, 15) is 14.9 Å². The minimum Gasteiger partial charge on any atom is -0.465 e. The van der Waals surface area contributed by atoms with E-state index in [-0.39, 0.29) is 11.7 Å². The molecule has 1 aromatic carbocycles. The third-order valence-electron chi connectivity index (χ3n) is 3.64. The minimum absolute atomic E-state index is 0.0137. The van der Waals surface area contributed by atoms with Gasteiger partial charge in [0.2, 0.25) is 0 Å². The maximum Gasteiger partial charge on any atom is 0.316 e. The highest BCUT2D eigenvalue weighted by Crippen LogP contribution is 2.36. The molecule has 0 amide bonds. The number of nitrogens with zero attached hydrogens (tertiary/aromatic N) is 1. The van der Waals surface area contributed by atoms with E-state index < -0.39 is 10.3 Å². The van der Waals surface area contributed by atoms with Gasteiger partial charge in [-0.2, -0.15) is 0 Å². The summed E-state index contributed by atoms with van der Waals surface area (Å²) < 4.78 is 10.5. The molecule has 1 aliphatic rings. The van der Waals surface area contributed by atoms with E-state index in [2.05, 4.69) is 0 Å². The molecule has 0 bridgehead atoms. The molecule has 0 saturated carbocycles. The molecule has 20 heavy (non-hydrogen) atoms. The largest absolute Gasteiger partial charge is 0.465 e. The number of hydrogen-bond acceptors (Lipinski definition) is 5. The Morgan fingerprint density at radius 3 is 2.45 bits per heavy atom. The van der Waals surface area contributed by atoms with Crippen LogP contribution in [0.4, 0.5) is 5.69 Å². The van der Waals surface area contributed by atoms with Crippen LogP contribution in [0.25, 0.3) is 0 Å². The van der Waals surface area contributed by atoms with Crippen LogP contribution < -0.4 is 0 Å². The van der Waals surface area contributed by atoms with Gasteiger partial charge >= 0.3 is 5.97 Å². The molecule has 1 heterocycles. The molecule has 1 aliphatic heterocycles. The van der Waals surface area contributed by atoms with E-state index >= 15 is 0 Å². The van der Waals surface area contributed by atoms with Gasteiger partial charge in [-0.25, -0.2) is 0 Å². The van der Waals surface area contributed by atoms with E-state index in [0.29, 0.717) is 32.7 Å². The van der Waals surface area contributed by atoms with Crippen molar-refractivity contribution in [3.8, 4) is 0 Å². The summed E-state index contributed by atoms with van der Waals surface area (Å²) in [5.41, 5.74) is 0.0216. The highest BCUT2D eigenvalue weighted by molar-refractivity contribution is 5.83. The SMILES string of the molecule is CCOC(=O)C1(c2ccc([N+](=O)[O-])cc2)CCOCC1. The van der Waals surface area contributed by atoms with Crippen LogP contribution in [0.3, 0.4) is 0 Å². The minimum atomic E-state index is -0.747. The third-order valence-corrected chi connectivity index (χ3v) is 3.64. The highest BCUT2D eigenvalue weighted by Gasteiger charge is 2.43. The van der Waals surface area contributed by atoms with Crippen molar-refractivity contribution in [2.75, 3.05) is 19.8 Å². The van der Waals surface area contributed by atoms with Gasteiger partial charge < -0.3 is 9.47 Å². The Morgan fingerprint density at radius 2 is 1.95 bits per heavy atom. The molecule has 1 saturated heterocycles. The number of esters is 1. The standard InChI is InChI=1S/C14H17NO5/c1-2-20-13(16)14(7-9-19-10-8-14)11-3-5-12(6-4-11)15(17)18/h3-6H,2,7-10H2,1H3. The van der Waals surface area contributed by atoms with Gasteiger partial charge in [0.1, 0.15) is 0 Å². The molecule has 1 aromatic rings. The third kappa shape index (κ3) is 2.65. The second-order valence-electron chi connectivity index (χ2n) is 4.72. The van der Waals surface area contributed by atoms with Crippen LogP contribution in [0.15, 0.2) is 24.3 Å². The zero-order valence-electron chi connectivity index (χ0n) is 11.3. The summed E-state index contributed by atoms with van der Waals surface area (Å²) in [4.78, 5) is 22.6. The van der Waals surface area contributed by atoms with E-state index in [0.717, 1.165) is 5.56 Å². The Morgan fingerprint density at radius 1 is 1.35 bits per heavy atom.